The van der Waals surface area contributed by atoms with Crippen LogP contribution in [0, 0.1) is 5.82 Å². The van der Waals surface area contributed by atoms with E-state index >= 15 is 0 Å². The molecule has 112 valence electrons. The van der Waals surface area contributed by atoms with Crippen LogP contribution in [0.3, 0.4) is 0 Å². The van der Waals surface area contributed by atoms with E-state index in [1.807, 2.05) is 23.0 Å². The largest absolute Gasteiger partial charge is 0.316 e. The molecule has 3 nitrogen and oxygen atoms in total. The fraction of sp³-hybridized carbons (Fsp3) is 0.471. The maximum absolute atomic E-state index is 14.1. The standard InChI is InChI=1S/C17H22FN3/c1-12(2)21-11-13(9-20-21)14-7-8-19-10-16(14)15-5-3-4-6-17(15)18/h3-6,9,11-12,14,16,19H,7-8,10H2,1-2H3. The number of nitrogens with zero attached hydrogens (tertiary/aromatic N) is 2. The Morgan fingerprint density at radius 2 is 2.10 bits per heavy atom. The Balaban J connectivity index is 1.92. The number of benzene rings is 1. The third-order valence-corrected chi connectivity index (χ3v) is 4.37. The summed E-state index contributed by atoms with van der Waals surface area (Å²) in [6.45, 7) is 6.03. The number of halogens is 1. The summed E-state index contributed by atoms with van der Waals surface area (Å²) in [5, 5.41) is 7.84. The highest BCUT2D eigenvalue weighted by molar-refractivity contribution is 5.29. The van der Waals surface area contributed by atoms with Gasteiger partial charge in [-0.2, -0.15) is 5.10 Å². The third-order valence-electron chi connectivity index (χ3n) is 4.37. The molecule has 1 N–H and O–H groups in total. The van der Waals surface area contributed by atoms with E-state index in [2.05, 4.69) is 30.5 Å². The highest BCUT2D eigenvalue weighted by Crippen LogP contribution is 2.38. The lowest BCUT2D eigenvalue weighted by Gasteiger charge is -2.32. The van der Waals surface area contributed by atoms with Crippen molar-refractivity contribution in [1.82, 2.24) is 15.1 Å². The summed E-state index contributed by atoms with van der Waals surface area (Å²) < 4.78 is 16.1. The highest BCUT2D eigenvalue weighted by Gasteiger charge is 2.30. The fourth-order valence-corrected chi connectivity index (χ4v) is 3.19. The first-order valence-electron chi connectivity index (χ1n) is 7.66. The van der Waals surface area contributed by atoms with Gasteiger partial charge in [-0.05, 0) is 49.9 Å². The SMILES string of the molecule is CC(C)n1cc(C2CCNCC2c2ccccc2F)cn1. The molecule has 2 unspecified atom stereocenters. The zero-order chi connectivity index (χ0) is 14.8. The maximum atomic E-state index is 14.1. The second-order valence-electron chi connectivity index (χ2n) is 6.07. The van der Waals surface area contributed by atoms with Gasteiger partial charge in [-0.3, -0.25) is 4.68 Å². The minimum absolute atomic E-state index is 0.104. The van der Waals surface area contributed by atoms with Gasteiger partial charge in [-0.25, -0.2) is 4.39 Å². The molecule has 1 fully saturated rings. The molecule has 0 bridgehead atoms. The monoisotopic (exact) mass is 287 g/mol. The van der Waals surface area contributed by atoms with Crippen LogP contribution in [0.4, 0.5) is 4.39 Å². The predicted molar refractivity (Wildman–Crippen MR) is 82.0 cm³/mol. The van der Waals surface area contributed by atoms with Gasteiger partial charge >= 0.3 is 0 Å². The Morgan fingerprint density at radius 3 is 2.81 bits per heavy atom. The van der Waals surface area contributed by atoms with Crippen molar-refractivity contribution in [1.29, 1.82) is 0 Å². The van der Waals surface area contributed by atoms with Crippen molar-refractivity contribution in [2.75, 3.05) is 13.1 Å². The Bertz CT molecular complexity index is 606. The van der Waals surface area contributed by atoms with E-state index < -0.39 is 0 Å². The van der Waals surface area contributed by atoms with Crippen LogP contribution >= 0.6 is 0 Å². The lowest BCUT2D eigenvalue weighted by molar-refractivity contribution is 0.393. The molecule has 0 saturated carbocycles. The number of aromatic nitrogens is 2. The molecule has 21 heavy (non-hydrogen) atoms. The lowest BCUT2D eigenvalue weighted by Crippen LogP contribution is -2.34. The number of piperidine rings is 1. The minimum atomic E-state index is -0.104. The summed E-state index contributed by atoms with van der Waals surface area (Å²) in [5.41, 5.74) is 2.03. The summed E-state index contributed by atoms with van der Waals surface area (Å²) in [7, 11) is 0. The average molecular weight is 287 g/mol. The van der Waals surface area contributed by atoms with Crippen LogP contribution in [0.5, 0.6) is 0 Å². The van der Waals surface area contributed by atoms with E-state index in [1.54, 1.807) is 12.1 Å². The van der Waals surface area contributed by atoms with Crippen LogP contribution in [-0.2, 0) is 0 Å². The summed E-state index contributed by atoms with van der Waals surface area (Å²) in [6, 6.07) is 7.49. The zero-order valence-corrected chi connectivity index (χ0v) is 12.6. The Kier molecular flexibility index (Phi) is 4.06. The molecule has 0 radical (unpaired) electrons. The van der Waals surface area contributed by atoms with Crippen LogP contribution < -0.4 is 5.32 Å². The van der Waals surface area contributed by atoms with E-state index in [0.29, 0.717) is 12.0 Å². The smallest absolute Gasteiger partial charge is 0.126 e. The predicted octanol–water partition coefficient (Wildman–Crippen LogP) is 3.46. The van der Waals surface area contributed by atoms with E-state index in [9.17, 15) is 4.39 Å². The van der Waals surface area contributed by atoms with Crippen LogP contribution in [0.15, 0.2) is 36.7 Å². The van der Waals surface area contributed by atoms with Gasteiger partial charge < -0.3 is 5.32 Å². The summed E-state index contributed by atoms with van der Waals surface area (Å²) in [6.07, 6.45) is 5.08. The zero-order valence-electron chi connectivity index (χ0n) is 12.6. The highest BCUT2D eigenvalue weighted by atomic mass is 19.1. The van der Waals surface area contributed by atoms with Gasteiger partial charge in [0.15, 0.2) is 0 Å². The Morgan fingerprint density at radius 1 is 1.29 bits per heavy atom. The van der Waals surface area contributed by atoms with Crippen molar-refractivity contribution in [2.45, 2.75) is 38.1 Å². The molecule has 1 saturated heterocycles. The molecule has 3 rings (SSSR count). The second-order valence-corrected chi connectivity index (χ2v) is 6.07. The van der Waals surface area contributed by atoms with E-state index in [0.717, 1.165) is 25.1 Å². The number of hydrogen-bond donors (Lipinski definition) is 1. The Hall–Kier alpha value is -1.68. The second kappa shape index (κ2) is 5.98. The maximum Gasteiger partial charge on any atom is 0.126 e. The molecule has 1 aliphatic heterocycles. The molecule has 1 aromatic carbocycles. The van der Waals surface area contributed by atoms with E-state index in [1.165, 1.54) is 5.56 Å². The van der Waals surface area contributed by atoms with Gasteiger partial charge in [0.25, 0.3) is 0 Å². The van der Waals surface area contributed by atoms with Gasteiger partial charge in [0.1, 0.15) is 5.82 Å². The molecule has 4 heteroatoms. The quantitative estimate of drug-likeness (QED) is 0.937. The van der Waals surface area contributed by atoms with Gasteiger partial charge in [-0.1, -0.05) is 18.2 Å². The molecular formula is C17H22FN3. The number of hydrogen-bond acceptors (Lipinski definition) is 2. The van der Waals surface area contributed by atoms with Crippen LogP contribution in [0.1, 0.15) is 49.3 Å². The molecule has 0 aliphatic carbocycles. The molecule has 2 heterocycles. The first kappa shape index (κ1) is 14.3. The van der Waals surface area contributed by atoms with Crippen molar-refractivity contribution in [3.63, 3.8) is 0 Å². The van der Waals surface area contributed by atoms with E-state index in [-0.39, 0.29) is 11.7 Å². The van der Waals surface area contributed by atoms with Crippen molar-refractivity contribution in [3.05, 3.63) is 53.6 Å². The Labute approximate surface area is 125 Å². The van der Waals surface area contributed by atoms with Crippen molar-refractivity contribution in [3.8, 4) is 0 Å². The molecule has 2 atom stereocenters. The average Bonchev–Trinajstić information content (AvgIpc) is 2.98. The van der Waals surface area contributed by atoms with Crippen molar-refractivity contribution >= 4 is 0 Å². The number of rotatable bonds is 3. The molecule has 1 aliphatic rings. The van der Waals surface area contributed by atoms with Crippen molar-refractivity contribution < 1.29 is 4.39 Å². The third kappa shape index (κ3) is 2.86. The molecule has 0 spiro atoms. The van der Waals surface area contributed by atoms with Crippen LogP contribution in [-0.4, -0.2) is 22.9 Å². The molecule has 2 aromatic rings. The fourth-order valence-electron chi connectivity index (χ4n) is 3.19. The van der Waals surface area contributed by atoms with Crippen LogP contribution in [0.25, 0.3) is 0 Å². The van der Waals surface area contributed by atoms with Crippen LogP contribution in [0.2, 0.25) is 0 Å². The van der Waals surface area contributed by atoms with Gasteiger partial charge in [-0.15, -0.1) is 0 Å². The minimum Gasteiger partial charge on any atom is -0.316 e. The molecule has 1 aromatic heterocycles. The summed E-state index contributed by atoms with van der Waals surface area (Å²) in [4.78, 5) is 0. The summed E-state index contributed by atoms with van der Waals surface area (Å²) >= 11 is 0. The molecule has 0 amide bonds. The van der Waals surface area contributed by atoms with Gasteiger partial charge in [0, 0.05) is 24.7 Å². The topological polar surface area (TPSA) is 29.9 Å². The van der Waals surface area contributed by atoms with Gasteiger partial charge in [0.05, 0.1) is 6.20 Å². The molecular weight excluding hydrogens is 265 g/mol. The lowest BCUT2D eigenvalue weighted by atomic mass is 9.78. The first-order valence-corrected chi connectivity index (χ1v) is 7.66. The first-order chi connectivity index (χ1) is 10.2. The van der Waals surface area contributed by atoms with Gasteiger partial charge in [0.2, 0.25) is 0 Å². The number of nitrogens with one attached hydrogen (secondary N) is 1. The van der Waals surface area contributed by atoms with Crippen molar-refractivity contribution in [2.24, 2.45) is 0 Å². The normalized spacial score (nSPS) is 22.7. The summed E-state index contributed by atoms with van der Waals surface area (Å²) in [5.74, 6) is 0.396. The van der Waals surface area contributed by atoms with E-state index in [4.69, 9.17) is 0 Å².